The third-order valence-corrected chi connectivity index (χ3v) is 2.93. The van der Waals surface area contributed by atoms with Crippen molar-refractivity contribution < 1.29 is 0 Å². The van der Waals surface area contributed by atoms with Crippen molar-refractivity contribution in [2.45, 2.75) is 26.2 Å². The first-order valence-corrected chi connectivity index (χ1v) is 6.12. The molecule has 3 nitrogen and oxygen atoms in total. The molecule has 94 valence electrons. The van der Waals surface area contributed by atoms with Gasteiger partial charge in [-0.1, -0.05) is 45.0 Å². The van der Waals surface area contributed by atoms with E-state index in [1.807, 2.05) is 13.1 Å². The molecule has 18 heavy (non-hydrogen) atoms. The number of anilines is 1. The predicted molar refractivity (Wildman–Crippen MR) is 75.7 cm³/mol. The van der Waals surface area contributed by atoms with Gasteiger partial charge in [0.05, 0.1) is 5.69 Å². The Morgan fingerprint density at radius 2 is 1.67 bits per heavy atom. The van der Waals surface area contributed by atoms with Crippen LogP contribution in [-0.4, -0.2) is 17.0 Å². The van der Waals surface area contributed by atoms with Crippen LogP contribution in [0.3, 0.4) is 0 Å². The largest absolute Gasteiger partial charge is 0.357 e. The molecule has 0 fully saturated rings. The predicted octanol–water partition coefficient (Wildman–Crippen LogP) is 3.48. The molecule has 2 rings (SSSR count). The molecule has 1 N–H and O–H groups in total. The van der Waals surface area contributed by atoms with E-state index < -0.39 is 0 Å². The van der Waals surface area contributed by atoms with Crippen LogP contribution in [-0.2, 0) is 5.41 Å². The molecule has 0 saturated carbocycles. The molecule has 0 spiro atoms. The van der Waals surface area contributed by atoms with Gasteiger partial charge in [0.25, 0.3) is 0 Å². The van der Waals surface area contributed by atoms with Gasteiger partial charge in [-0.15, -0.1) is 0 Å². The van der Waals surface area contributed by atoms with E-state index in [1.165, 1.54) is 5.56 Å². The fourth-order valence-electron chi connectivity index (χ4n) is 1.78. The minimum absolute atomic E-state index is 0.181. The molecule has 0 aliphatic heterocycles. The van der Waals surface area contributed by atoms with E-state index in [2.05, 4.69) is 60.3 Å². The van der Waals surface area contributed by atoms with E-state index >= 15 is 0 Å². The van der Waals surface area contributed by atoms with Crippen molar-refractivity contribution in [1.29, 1.82) is 0 Å². The van der Waals surface area contributed by atoms with Gasteiger partial charge in [0.1, 0.15) is 0 Å². The standard InChI is InChI=1S/C15H19N3/c1-15(2,3)12-7-5-11(6-8-12)13-9-10-17-14(16-4)18-13/h5-10H,1-4H3,(H,16,17,18). The van der Waals surface area contributed by atoms with Crippen molar-refractivity contribution in [1.82, 2.24) is 9.97 Å². The fraction of sp³-hybridized carbons (Fsp3) is 0.333. The normalized spacial score (nSPS) is 11.3. The molecule has 1 aromatic carbocycles. The first-order valence-electron chi connectivity index (χ1n) is 6.12. The van der Waals surface area contributed by atoms with Crippen LogP contribution in [0.5, 0.6) is 0 Å². The molecule has 1 heterocycles. The first kappa shape index (κ1) is 12.6. The van der Waals surface area contributed by atoms with Gasteiger partial charge in [0, 0.05) is 18.8 Å². The molecule has 2 aromatic rings. The minimum atomic E-state index is 0.181. The number of hydrogen-bond acceptors (Lipinski definition) is 3. The van der Waals surface area contributed by atoms with E-state index in [-0.39, 0.29) is 5.41 Å². The van der Waals surface area contributed by atoms with Crippen molar-refractivity contribution >= 4 is 5.95 Å². The fourth-order valence-corrected chi connectivity index (χ4v) is 1.78. The SMILES string of the molecule is CNc1nccc(-c2ccc(C(C)(C)C)cc2)n1. The lowest BCUT2D eigenvalue weighted by Gasteiger charge is -2.19. The van der Waals surface area contributed by atoms with Crippen LogP contribution in [0.15, 0.2) is 36.5 Å². The molecule has 0 saturated heterocycles. The maximum absolute atomic E-state index is 4.43. The number of hydrogen-bond donors (Lipinski definition) is 1. The average molecular weight is 241 g/mol. The third-order valence-electron chi connectivity index (χ3n) is 2.93. The topological polar surface area (TPSA) is 37.8 Å². The third kappa shape index (κ3) is 2.67. The van der Waals surface area contributed by atoms with Gasteiger partial charge >= 0.3 is 0 Å². The summed E-state index contributed by atoms with van der Waals surface area (Å²) in [5.41, 5.74) is 3.56. The Morgan fingerprint density at radius 3 is 2.22 bits per heavy atom. The van der Waals surface area contributed by atoms with Crippen molar-refractivity contribution in [3.8, 4) is 11.3 Å². The van der Waals surface area contributed by atoms with E-state index in [4.69, 9.17) is 0 Å². The Morgan fingerprint density at radius 1 is 1.00 bits per heavy atom. The summed E-state index contributed by atoms with van der Waals surface area (Å²) in [4.78, 5) is 8.55. The van der Waals surface area contributed by atoms with Crippen LogP contribution in [0.25, 0.3) is 11.3 Å². The van der Waals surface area contributed by atoms with Crippen LogP contribution in [0.1, 0.15) is 26.3 Å². The van der Waals surface area contributed by atoms with Gasteiger partial charge in [0.2, 0.25) is 5.95 Å². The molecule has 0 unspecified atom stereocenters. The van der Waals surface area contributed by atoms with Crippen LogP contribution in [0, 0.1) is 0 Å². The lowest BCUT2D eigenvalue weighted by atomic mass is 9.86. The van der Waals surface area contributed by atoms with Gasteiger partial charge in [-0.2, -0.15) is 0 Å². The smallest absolute Gasteiger partial charge is 0.222 e. The molecule has 0 aliphatic carbocycles. The highest BCUT2D eigenvalue weighted by Crippen LogP contribution is 2.25. The summed E-state index contributed by atoms with van der Waals surface area (Å²) >= 11 is 0. The quantitative estimate of drug-likeness (QED) is 0.874. The van der Waals surface area contributed by atoms with E-state index in [9.17, 15) is 0 Å². The zero-order valence-electron chi connectivity index (χ0n) is 11.4. The second-order valence-electron chi connectivity index (χ2n) is 5.34. The maximum Gasteiger partial charge on any atom is 0.222 e. The van der Waals surface area contributed by atoms with Crippen molar-refractivity contribution in [3.05, 3.63) is 42.1 Å². The van der Waals surface area contributed by atoms with Gasteiger partial charge in [-0.25, -0.2) is 9.97 Å². The molecule has 3 heteroatoms. The molecular weight excluding hydrogens is 222 g/mol. The molecule has 1 aromatic heterocycles. The summed E-state index contributed by atoms with van der Waals surface area (Å²) in [6.45, 7) is 6.64. The molecule has 0 aliphatic rings. The lowest BCUT2D eigenvalue weighted by molar-refractivity contribution is 0.590. The highest BCUT2D eigenvalue weighted by Gasteiger charge is 2.13. The van der Waals surface area contributed by atoms with E-state index in [0.717, 1.165) is 11.3 Å². The Hall–Kier alpha value is -1.90. The number of aromatic nitrogens is 2. The van der Waals surface area contributed by atoms with Crippen molar-refractivity contribution in [2.75, 3.05) is 12.4 Å². The molecule has 0 bridgehead atoms. The summed E-state index contributed by atoms with van der Waals surface area (Å²) in [5.74, 6) is 0.646. The highest BCUT2D eigenvalue weighted by atomic mass is 15.1. The highest BCUT2D eigenvalue weighted by molar-refractivity contribution is 5.60. The average Bonchev–Trinajstić information content (AvgIpc) is 2.38. The molecule has 0 atom stereocenters. The lowest BCUT2D eigenvalue weighted by Crippen LogP contribution is -2.10. The van der Waals surface area contributed by atoms with Gasteiger partial charge < -0.3 is 5.32 Å². The minimum Gasteiger partial charge on any atom is -0.357 e. The second-order valence-corrected chi connectivity index (χ2v) is 5.34. The Balaban J connectivity index is 2.34. The summed E-state index contributed by atoms with van der Waals surface area (Å²) in [7, 11) is 1.82. The van der Waals surface area contributed by atoms with E-state index in [1.54, 1.807) is 6.20 Å². The van der Waals surface area contributed by atoms with Gasteiger partial charge in [-0.05, 0) is 17.0 Å². The van der Waals surface area contributed by atoms with Gasteiger partial charge in [0.15, 0.2) is 0 Å². The second kappa shape index (κ2) is 4.77. The monoisotopic (exact) mass is 241 g/mol. The molecule has 0 radical (unpaired) electrons. The zero-order chi connectivity index (χ0) is 13.2. The Kier molecular flexibility index (Phi) is 3.32. The zero-order valence-corrected chi connectivity index (χ0v) is 11.4. The first-order chi connectivity index (χ1) is 8.50. The van der Waals surface area contributed by atoms with Crippen molar-refractivity contribution in [3.63, 3.8) is 0 Å². The molecular formula is C15H19N3. The van der Waals surface area contributed by atoms with Crippen LogP contribution in [0.2, 0.25) is 0 Å². The van der Waals surface area contributed by atoms with Crippen LogP contribution >= 0.6 is 0 Å². The number of rotatable bonds is 2. The maximum atomic E-state index is 4.43. The Bertz CT molecular complexity index is 524. The van der Waals surface area contributed by atoms with Crippen LogP contribution < -0.4 is 5.32 Å². The summed E-state index contributed by atoms with van der Waals surface area (Å²) in [6, 6.07) is 10.5. The van der Waals surface area contributed by atoms with Gasteiger partial charge in [-0.3, -0.25) is 0 Å². The summed E-state index contributed by atoms with van der Waals surface area (Å²) < 4.78 is 0. The van der Waals surface area contributed by atoms with E-state index in [0.29, 0.717) is 5.95 Å². The number of benzene rings is 1. The summed E-state index contributed by atoms with van der Waals surface area (Å²) in [6.07, 6.45) is 1.77. The Labute approximate surface area is 108 Å². The molecule has 0 amide bonds. The number of nitrogens with one attached hydrogen (secondary N) is 1. The summed E-state index contributed by atoms with van der Waals surface area (Å²) in [5, 5.41) is 2.95. The number of nitrogens with zero attached hydrogens (tertiary/aromatic N) is 2. The van der Waals surface area contributed by atoms with Crippen LogP contribution in [0.4, 0.5) is 5.95 Å². The van der Waals surface area contributed by atoms with Crippen molar-refractivity contribution in [2.24, 2.45) is 0 Å².